The standard InChI is InChI=1S/C18H14ClNO3S/c1-11-9-12(3-8-15(11)23-2)10-16-17(21)20(18(22)24-16)14-6-4-13(19)5-7-14/h3-10H,1-2H3/b16-10+. The van der Waals surface area contributed by atoms with Gasteiger partial charge in [-0.3, -0.25) is 9.59 Å². The Kier molecular flexibility index (Phi) is 4.64. The van der Waals surface area contributed by atoms with Crippen LogP contribution in [0.4, 0.5) is 10.5 Å². The molecule has 24 heavy (non-hydrogen) atoms. The van der Waals surface area contributed by atoms with E-state index in [2.05, 4.69) is 0 Å². The molecule has 2 amide bonds. The summed E-state index contributed by atoms with van der Waals surface area (Å²) in [6, 6.07) is 12.2. The van der Waals surface area contributed by atoms with Gasteiger partial charge in [0.05, 0.1) is 17.7 Å². The van der Waals surface area contributed by atoms with Gasteiger partial charge in [-0.25, -0.2) is 4.90 Å². The fraction of sp³-hybridized carbons (Fsp3) is 0.111. The van der Waals surface area contributed by atoms with Gasteiger partial charge in [0, 0.05) is 5.02 Å². The van der Waals surface area contributed by atoms with Crippen molar-refractivity contribution in [2.45, 2.75) is 6.92 Å². The zero-order valence-electron chi connectivity index (χ0n) is 13.1. The van der Waals surface area contributed by atoms with Gasteiger partial charge >= 0.3 is 0 Å². The third kappa shape index (κ3) is 3.18. The largest absolute Gasteiger partial charge is 0.496 e. The molecule has 6 heteroatoms. The smallest absolute Gasteiger partial charge is 0.298 e. The van der Waals surface area contributed by atoms with E-state index < -0.39 is 0 Å². The number of amides is 2. The van der Waals surface area contributed by atoms with Crippen molar-refractivity contribution in [3.8, 4) is 5.75 Å². The first-order chi connectivity index (χ1) is 11.5. The van der Waals surface area contributed by atoms with Crippen molar-refractivity contribution >= 4 is 46.3 Å². The van der Waals surface area contributed by atoms with Gasteiger partial charge in [0.15, 0.2) is 0 Å². The van der Waals surface area contributed by atoms with E-state index >= 15 is 0 Å². The second-order valence-electron chi connectivity index (χ2n) is 5.22. The van der Waals surface area contributed by atoms with Crippen molar-refractivity contribution < 1.29 is 14.3 Å². The molecule has 0 unspecified atom stereocenters. The highest BCUT2D eigenvalue weighted by Crippen LogP contribution is 2.36. The van der Waals surface area contributed by atoms with Gasteiger partial charge in [0.25, 0.3) is 11.1 Å². The number of imide groups is 1. The van der Waals surface area contributed by atoms with Crippen molar-refractivity contribution in [2.24, 2.45) is 0 Å². The molecular weight excluding hydrogens is 346 g/mol. The van der Waals surface area contributed by atoms with Gasteiger partial charge in [-0.1, -0.05) is 17.7 Å². The summed E-state index contributed by atoms with van der Waals surface area (Å²) < 4.78 is 5.23. The number of hydrogen-bond donors (Lipinski definition) is 0. The van der Waals surface area contributed by atoms with Crippen molar-refractivity contribution in [2.75, 3.05) is 12.0 Å². The topological polar surface area (TPSA) is 46.6 Å². The number of ether oxygens (including phenoxy) is 1. The normalized spacial score (nSPS) is 16.1. The number of carbonyl (C=O) groups is 2. The molecule has 1 heterocycles. The number of benzene rings is 2. The van der Waals surface area contributed by atoms with Crippen LogP contribution in [-0.4, -0.2) is 18.3 Å². The van der Waals surface area contributed by atoms with Crippen LogP contribution in [0, 0.1) is 6.92 Å². The fourth-order valence-electron chi connectivity index (χ4n) is 2.42. The van der Waals surface area contributed by atoms with Gasteiger partial charge in [0.2, 0.25) is 0 Å². The number of nitrogens with zero attached hydrogens (tertiary/aromatic N) is 1. The zero-order valence-corrected chi connectivity index (χ0v) is 14.6. The fourth-order valence-corrected chi connectivity index (χ4v) is 3.39. The SMILES string of the molecule is COc1ccc(/C=C2/SC(=O)N(c3ccc(Cl)cc3)C2=O)cc1C. The van der Waals surface area contributed by atoms with E-state index in [1.807, 2.05) is 25.1 Å². The Morgan fingerprint density at radius 1 is 1.12 bits per heavy atom. The first kappa shape index (κ1) is 16.6. The average molecular weight is 360 g/mol. The monoisotopic (exact) mass is 359 g/mol. The van der Waals surface area contributed by atoms with Crippen molar-refractivity contribution in [3.05, 3.63) is 63.5 Å². The van der Waals surface area contributed by atoms with Crippen LogP contribution in [0.25, 0.3) is 6.08 Å². The summed E-state index contributed by atoms with van der Waals surface area (Å²) in [5, 5.41) is 0.230. The first-order valence-electron chi connectivity index (χ1n) is 7.18. The number of carbonyl (C=O) groups excluding carboxylic acids is 2. The highest BCUT2D eigenvalue weighted by atomic mass is 35.5. The number of aryl methyl sites for hydroxylation is 1. The summed E-state index contributed by atoms with van der Waals surface area (Å²) in [5.41, 5.74) is 2.31. The summed E-state index contributed by atoms with van der Waals surface area (Å²) in [5.74, 6) is 0.446. The van der Waals surface area contributed by atoms with E-state index in [9.17, 15) is 9.59 Å². The molecule has 0 aliphatic carbocycles. The Hall–Kier alpha value is -2.24. The van der Waals surface area contributed by atoms with Crippen LogP contribution in [0.15, 0.2) is 47.4 Å². The molecule has 0 saturated carbocycles. The molecular formula is C18H14ClNO3S. The number of halogens is 1. The zero-order chi connectivity index (χ0) is 17.3. The minimum atomic E-state index is -0.333. The van der Waals surface area contributed by atoms with Crippen LogP contribution >= 0.6 is 23.4 Å². The third-order valence-corrected chi connectivity index (χ3v) is 4.72. The second kappa shape index (κ2) is 6.71. The maximum absolute atomic E-state index is 12.6. The molecule has 0 aromatic heterocycles. The molecule has 4 nitrogen and oxygen atoms in total. The number of hydrogen-bond acceptors (Lipinski definition) is 4. The number of rotatable bonds is 3. The molecule has 0 radical (unpaired) electrons. The van der Waals surface area contributed by atoms with E-state index in [-0.39, 0.29) is 11.1 Å². The molecule has 2 aromatic carbocycles. The van der Waals surface area contributed by atoms with Crippen molar-refractivity contribution in [3.63, 3.8) is 0 Å². The molecule has 0 spiro atoms. The molecule has 2 aromatic rings. The highest BCUT2D eigenvalue weighted by Gasteiger charge is 2.36. The lowest BCUT2D eigenvalue weighted by molar-refractivity contribution is -0.113. The van der Waals surface area contributed by atoms with Crippen molar-refractivity contribution in [1.82, 2.24) is 0 Å². The molecule has 1 aliphatic rings. The molecule has 1 saturated heterocycles. The number of methoxy groups -OCH3 is 1. The number of anilines is 1. The molecule has 122 valence electrons. The molecule has 0 atom stereocenters. The summed E-state index contributed by atoms with van der Waals surface area (Å²) in [6.07, 6.45) is 1.72. The van der Waals surface area contributed by atoms with Crippen LogP contribution in [0.5, 0.6) is 5.75 Å². The summed E-state index contributed by atoms with van der Waals surface area (Å²) in [6.45, 7) is 1.93. The van der Waals surface area contributed by atoms with Gasteiger partial charge in [0.1, 0.15) is 5.75 Å². The van der Waals surface area contributed by atoms with Crippen LogP contribution in [0.1, 0.15) is 11.1 Å². The van der Waals surface area contributed by atoms with Crippen LogP contribution < -0.4 is 9.64 Å². The molecule has 0 N–H and O–H groups in total. The summed E-state index contributed by atoms with van der Waals surface area (Å²) >= 11 is 6.78. The molecule has 1 fully saturated rings. The number of thioether (sulfide) groups is 1. The Bertz CT molecular complexity index is 846. The molecule has 0 bridgehead atoms. The van der Waals surface area contributed by atoms with Gasteiger partial charge in [-0.2, -0.15) is 0 Å². The Balaban J connectivity index is 1.90. The van der Waals surface area contributed by atoms with Crippen LogP contribution in [0.2, 0.25) is 5.02 Å². The van der Waals surface area contributed by atoms with Crippen LogP contribution in [-0.2, 0) is 4.79 Å². The average Bonchev–Trinajstić information content (AvgIpc) is 2.83. The predicted molar refractivity (Wildman–Crippen MR) is 97.6 cm³/mol. The molecule has 3 rings (SSSR count). The Labute approximate surface area is 149 Å². The van der Waals surface area contributed by atoms with Crippen molar-refractivity contribution in [1.29, 1.82) is 0 Å². The lowest BCUT2D eigenvalue weighted by Crippen LogP contribution is -2.27. The molecule has 1 aliphatic heterocycles. The van der Waals surface area contributed by atoms with Gasteiger partial charge in [-0.15, -0.1) is 0 Å². The van der Waals surface area contributed by atoms with E-state index in [1.54, 1.807) is 37.5 Å². The van der Waals surface area contributed by atoms with Crippen LogP contribution in [0.3, 0.4) is 0 Å². The minimum Gasteiger partial charge on any atom is -0.496 e. The van der Waals surface area contributed by atoms with E-state index in [1.165, 1.54) is 0 Å². The Morgan fingerprint density at radius 3 is 2.46 bits per heavy atom. The van der Waals surface area contributed by atoms with E-state index in [4.69, 9.17) is 16.3 Å². The van der Waals surface area contributed by atoms with Gasteiger partial charge < -0.3 is 4.74 Å². The third-order valence-electron chi connectivity index (χ3n) is 3.60. The Morgan fingerprint density at radius 2 is 1.83 bits per heavy atom. The van der Waals surface area contributed by atoms with Gasteiger partial charge in [-0.05, 0) is 72.3 Å². The van der Waals surface area contributed by atoms with E-state index in [0.29, 0.717) is 15.6 Å². The summed E-state index contributed by atoms with van der Waals surface area (Å²) in [7, 11) is 1.61. The van der Waals surface area contributed by atoms with E-state index in [0.717, 1.165) is 33.5 Å². The highest BCUT2D eigenvalue weighted by molar-refractivity contribution is 8.19. The quantitative estimate of drug-likeness (QED) is 0.731. The summed E-state index contributed by atoms with van der Waals surface area (Å²) in [4.78, 5) is 26.3. The maximum atomic E-state index is 12.6. The lowest BCUT2D eigenvalue weighted by Gasteiger charge is -2.12. The predicted octanol–water partition coefficient (Wildman–Crippen LogP) is 4.90. The maximum Gasteiger partial charge on any atom is 0.298 e. The minimum absolute atomic E-state index is 0.321. The second-order valence-corrected chi connectivity index (χ2v) is 6.65. The first-order valence-corrected chi connectivity index (χ1v) is 8.37. The lowest BCUT2D eigenvalue weighted by atomic mass is 10.1.